The molecule has 0 radical (unpaired) electrons. The van der Waals surface area contributed by atoms with Gasteiger partial charge in [0.1, 0.15) is 11.4 Å². The third-order valence-corrected chi connectivity index (χ3v) is 7.22. The number of amides is 1. The number of carboxylic acids is 1. The van der Waals surface area contributed by atoms with Gasteiger partial charge in [0.25, 0.3) is 5.91 Å². The van der Waals surface area contributed by atoms with Crippen LogP contribution in [0.5, 0.6) is 5.75 Å². The monoisotopic (exact) mass is 506 g/mol. The molecular weight excluding hydrogens is 472 g/mol. The highest BCUT2D eigenvalue weighted by atomic mass is 16.5. The summed E-state index contributed by atoms with van der Waals surface area (Å²) < 4.78 is 5.58. The summed E-state index contributed by atoms with van der Waals surface area (Å²) in [5.41, 5.74) is 8.39. The number of nitrogens with one attached hydrogen (secondary N) is 2. The van der Waals surface area contributed by atoms with Gasteiger partial charge in [0.2, 0.25) is 0 Å². The fraction of sp³-hybridized carbons (Fsp3) is 0.407. The molecule has 0 unspecified atom stereocenters. The van der Waals surface area contributed by atoms with Crippen molar-refractivity contribution in [2.75, 3.05) is 43.5 Å². The highest BCUT2D eigenvalue weighted by Crippen LogP contribution is 2.32. The first-order valence-electron chi connectivity index (χ1n) is 12.5. The summed E-state index contributed by atoms with van der Waals surface area (Å²) in [6, 6.07) is 11.2. The zero-order valence-electron chi connectivity index (χ0n) is 21.0. The molecule has 2 aromatic rings. The zero-order chi connectivity index (χ0) is 26.4. The lowest BCUT2D eigenvalue weighted by Gasteiger charge is -2.42. The Bertz CT molecular complexity index is 1170. The molecule has 10 nitrogen and oxygen atoms in total. The Labute approximate surface area is 216 Å². The highest BCUT2D eigenvalue weighted by molar-refractivity contribution is 6.04. The minimum Gasteiger partial charge on any atom is -0.494 e. The average Bonchev–Trinajstić information content (AvgIpc) is 2.93. The Morgan fingerprint density at radius 3 is 2.46 bits per heavy atom. The fourth-order valence-electron chi connectivity index (χ4n) is 5.10. The molecule has 1 aliphatic carbocycles. The molecule has 1 saturated carbocycles. The van der Waals surface area contributed by atoms with Crippen LogP contribution in [0.4, 0.5) is 11.4 Å². The van der Waals surface area contributed by atoms with Crippen LogP contribution in [0.25, 0.3) is 5.70 Å². The van der Waals surface area contributed by atoms with Gasteiger partial charge in [0.05, 0.1) is 30.1 Å². The number of hydrogen-bond donors (Lipinski definition) is 4. The van der Waals surface area contributed by atoms with Gasteiger partial charge >= 0.3 is 5.97 Å². The van der Waals surface area contributed by atoms with Gasteiger partial charge in [0.15, 0.2) is 0 Å². The van der Waals surface area contributed by atoms with Crippen molar-refractivity contribution < 1.29 is 19.4 Å². The highest BCUT2D eigenvalue weighted by Gasteiger charge is 2.31. The van der Waals surface area contributed by atoms with Crippen LogP contribution in [0, 0.1) is 11.3 Å². The van der Waals surface area contributed by atoms with E-state index in [1.54, 1.807) is 25.3 Å². The van der Waals surface area contributed by atoms with E-state index in [1.807, 2.05) is 18.2 Å². The predicted octanol–water partition coefficient (Wildman–Crippen LogP) is 3.06. The maximum Gasteiger partial charge on any atom is 0.306 e. The van der Waals surface area contributed by atoms with Crippen molar-refractivity contribution in [1.29, 1.82) is 5.41 Å². The summed E-state index contributed by atoms with van der Waals surface area (Å²) in [5.74, 6) is -0.685. The van der Waals surface area contributed by atoms with Crippen LogP contribution in [0.2, 0.25) is 0 Å². The number of allylic oxidation sites excluding steroid dienone is 1. The van der Waals surface area contributed by atoms with Crippen molar-refractivity contribution in [3.63, 3.8) is 0 Å². The predicted molar refractivity (Wildman–Crippen MR) is 143 cm³/mol. The summed E-state index contributed by atoms with van der Waals surface area (Å²) >= 11 is 0. The fourth-order valence-corrected chi connectivity index (χ4v) is 5.10. The number of nitrogens with zero attached hydrogens (tertiary/aromatic N) is 3. The number of nitrogens with two attached hydrogens (primary N) is 1. The molecule has 1 saturated heterocycles. The lowest BCUT2D eigenvalue weighted by molar-refractivity contribution is -0.143. The molecule has 2 heterocycles. The number of aliphatic carboxylic acids is 1. The summed E-state index contributed by atoms with van der Waals surface area (Å²) in [7, 11) is 1.57. The third kappa shape index (κ3) is 6.26. The molecule has 10 heteroatoms. The SMILES string of the molecule is COc1cc(N2CCN(C3CCC(C(=O)O)CC3)CC2)ccc1NC(=O)c1cccc(/C(N)=C/C=N)n1. The molecule has 5 N–H and O–H groups in total. The normalized spacial score (nSPS) is 20.8. The Kier molecular flexibility index (Phi) is 8.39. The van der Waals surface area contributed by atoms with Crippen molar-refractivity contribution in [3.05, 3.63) is 53.9 Å². The summed E-state index contributed by atoms with van der Waals surface area (Å²) in [6.45, 7) is 3.60. The minimum absolute atomic E-state index is 0.189. The Morgan fingerprint density at radius 2 is 1.81 bits per heavy atom. The smallest absolute Gasteiger partial charge is 0.306 e. The molecule has 4 rings (SSSR count). The van der Waals surface area contributed by atoms with Crippen molar-refractivity contribution >= 4 is 35.2 Å². The van der Waals surface area contributed by atoms with Gasteiger partial charge in [-0.3, -0.25) is 14.5 Å². The largest absolute Gasteiger partial charge is 0.494 e. The number of ether oxygens (including phenoxy) is 1. The Balaban J connectivity index is 1.37. The van der Waals surface area contributed by atoms with Crippen molar-refractivity contribution in [3.8, 4) is 5.75 Å². The van der Waals surface area contributed by atoms with Gasteiger partial charge in [-0.05, 0) is 56.0 Å². The Hall–Kier alpha value is -3.92. The molecule has 2 fully saturated rings. The van der Waals surface area contributed by atoms with Gasteiger partial charge < -0.3 is 31.2 Å². The van der Waals surface area contributed by atoms with Gasteiger partial charge in [-0.25, -0.2) is 4.98 Å². The maximum atomic E-state index is 12.9. The van der Waals surface area contributed by atoms with Gasteiger partial charge in [0, 0.05) is 50.2 Å². The lowest BCUT2D eigenvalue weighted by atomic mass is 9.85. The summed E-state index contributed by atoms with van der Waals surface area (Å²) in [6.07, 6.45) is 5.90. The number of hydrogen-bond acceptors (Lipinski definition) is 8. The second-order valence-electron chi connectivity index (χ2n) is 9.40. The van der Waals surface area contributed by atoms with E-state index in [2.05, 4.69) is 20.1 Å². The minimum atomic E-state index is -0.664. The molecule has 37 heavy (non-hydrogen) atoms. The van der Waals surface area contributed by atoms with Gasteiger partial charge in [-0.15, -0.1) is 0 Å². The van der Waals surface area contributed by atoms with E-state index in [-0.39, 0.29) is 17.5 Å². The molecule has 2 aliphatic rings. The average molecular weight is 507 g/mol. The molecule has 1 aliphatic heterocycles. The van der Waals surface area contributed by atoms with Gasteiger partial charge in [-0.2, -0.15) is 0 Å². The number of anilines is 2. The van der Waals surface area contributed by atoms with Crippen LogP contribution in [0.3, 0.4) is 0 Å². The first-order valence-corrected chi connectivity index (χ1v) is 12.5. The first-order chi connectivity index (χ1) is 17.9. The van der Waals surface area contributed by atoms with E-state index in [9.17, 15) is 14.7 Å². The number of aromatic nitrogens is 1. The molecule has 1 amide bonds. The molecule has 0 spiro atoms. The molecule has 0 bridgehead atoms. The molecule has 1 aromatic carbocycles. The standard InChI is InChI=1S/C27H34N6O4/c1-37-25-17-20(33-15-13-32(14-16-33)19-7-5-18(6-8-19)27(35)36)9-10-23(25)31-26(34)24-4-2-3-22(30-24)21(29)11-12-28/h2-4,9-12,17-19,28H,5-8,13-16,29H2,1H3,(H,31,34)(H,35,36)/b21-11-,28-12?. The topological polar surface area (TPSA) is 145 Å². The van der Waals surface area contributed by atoms with Crippen molar-refractivity contribution in [2.24, 2.45) is 11.7 Å². The van der Waals surface area contributed by atoms with Crippen molar-refractivity contribution in [1.82, 2.24) is 9.88 Å². The molecule has 196 valence electrons. The van der Waals surface area contributed by atoms with Crippen LogP contribution in [0.1, 0.15) is 41.9 Å². The second kappa shape index (κ2) is 11.9. The van der Waals surface area contributed by atoms with E-state index in [1.165, 1.54) is 6.08 Å². The quantitative estimate of drug-likeness (QED) is 0.400. The van der Waals surface area contributed by atoms with E-state index < -0.39 is 5.97 Å². The number of carboxylic acid groups (broad SMARTS) is 1. The molecule has 1 aromatic heterocycles. The van der Waals surface area contributed by atoms with E-state index in [0.29, 0.717) is 28.9 Å². The van der Waals surface area contributed by atoms with Crippen molar-refractivity contribution in [2.45, 2.75) is 31.7 Å². The van der Waals surface area contributed by atoms with Crippen LogP contribution in [-0.4, -0.2) is 72.4 Å². The third-order valence-electron chi connectivity index (χ3n) is 7.22. The number of pyridine rings is 1. The number of methoxy groups -OCH3 is 1. The Morgan fingerprint density at radius 1 is 1.11 bits per heavy atom. The molecule has 0 atom stereocenters. The second-order valence-corrected chi connectivity index (χ2v) is 9.40. The van der Waals surface area contributed by atoms with E-state index in [4.69, 9.17) is 15.9 Å². The van der Waals surface area contributed by atoms with Crippen LogP contribution >= 0.6 is 0 Å². The lowest BCUT2D eigenvalue weighted by Crippen LogP contribution is -2.51. The summed E-state index contributed by atoms with van der Waals surface area (Å²) in [4.78, 5) is 33.2. The van der Waals surface area contributed by atoms with Gasteiger partial charge in [-0.1, -0.05) is 6.07 Å². The summed E-state index contributed by atoms with van der Waals surface area (Å²) in [5, 5.41) is 19.3. The van der Waals surface area contributed by atoms with E-state index in [0.717, 1.165) is 63.8 Å². The van der Waals surface area contributed by atoms with E-state index >= 15 is 0 Å². The number of carbonyl (C=O) groups excluding carboxylic acids is 1. The van der Waals surface area contributed by atoms with Crippen LogP contribution < -0.4 is 20.7 Å². The van der Waals surface area contributed by atoms with Crippen LogP contribution in [-0.2, 0) is 4.79 Å². The number of benzene rings is 1. The first kappa shape index (κ1) is 26.2. The zero-order valence-corrected chi connectivity index (χ0v) is 21.0. The number of rotatable bonds is 8. The molecular formula is C27H34N6O4. The maximum absolute atomic E-state index is 12.9. The van der Waals surface area contributed by atoms with Crippen LogP contribution in [0.15, 0.2) is 42.5 Å². The number of carbonyl (C=O) groups is 2. The number of piperazine rings is 1.